The standard InChI is InChI=1S/C11H12ClNO2/c12-5-8-1-3-9(4-2-8)11(14)13-10-6-15-7-10/h1-4,10H,5-7H2,(H,13,14). The van der Waals surface area contributed by atoms with Crippen LogP contribution < -0.4 is 5.32 Å². The molecule has 1 aliphatic heterocycles. The van der Waals surface area contributed by atoms with Crippen LogP contribution >= 0.6 is 11.6 Å². The van der Waals surface area contributed by atoms with E-state index >= 15 is 0 Å². The van der Waals surface area contributed by atoms with Gasteiger partial charge in [0.2, 0.25) is 0 Å². The minimum Gasteiger partial charge on any atom is -0.377 e. The second-order valence-corrected chi connectivity index (χ2v) is 3.81. The van der Waals surface area contributed by atoms with Gasteiger partial charge < -0.3 is 10.1 Å². The third-order valence-corrected chi connectivity index (χ3v) is 2.65. The number of carbonyl (C=O) groups is 1. The number of hydrogen-bond acceptors (Lipinski definition) is 2. The van der Waals surface area contributed by atoms with Gasteiger partial charge in [-0.15, -0.1) is 11.6 Å². The summed E-state index contributed by atoms with van der Waals surface area (Å²) in [6.45, 7) is 1.23. The van der Waals surface area contributed by atoms with Crippen LogP contribution in [0.3, 0.4) is 0 Å². The molecular weight excluding hydrogens is 214 g/mol. The van der Waals surface area contributed by atoms with Gasteiger partial charge in [0.05, 0.1) is 19.3 Å². The first-order chi connectivity index (χ1) is 7.29. The molecule has 1 N–H and O–H groups in total. The third-order valence-electron chi connectivity index (χ3n) is 2.34. The topological polar surface area (TPSA) is 38.3 Å². The zero-order valence-corrected chi connectivity index (χ0v) is 8.96. The number of ether oxygens (including phenoxy) is 1. The lowest BCUT2D eigenvalue weighted by Crippen LogP contribution is -2.48. The molecular formula is C11H12ClNO2. The van der Waals surface area contributed by atoms with Crippen LogP contribution in [0, 0.1) is 0 Å². The fourth-order valence-corrected chi connectivity index (χ4v) is 1.51. The van der Waals surface area contributed by atoms with E-state index in [2.05, 4.69) is 5.32 Å². The average molecular weight is 226 g/mol. The monoisotopic (exact) mass is 225 g/mol. The van der Waals surface area contributed by atoms with E-state index in [0.29, 0.717) is 24.7 Å². The molecule has 0 aromatic heterocycles. The fraction of sp³-hybridized carbons (Fsp3) is 0.364. The molecule has 0 spiro atoms. The first-order valence-electron chi connectivity index (χ1n) is 4.83. The van der Waals surface area contributed by atoms with E-state index in [1.54, 1.807) is 12.1 Å². The van der Waals surface area contributed by atoms with Crippen LogP contribution in [-0.2, 0) is 10.6 Å². The Bertz CT molecular complexity index is 346. The van der Waals surface area contributed by atoms with E-state index in [0.717, 1.165) is 5.56 Å². The van der Waals surface area contributed by atoms with Crippen molar-refractivity contribution in [2.45, 2.75) is 11.9 Å². The highest BCUT2D eigenvalue weighted by molar-refractivity contribution is 6.17. The van der Waals surface area contributed by atoms with E-state index in [1.807, 2.05) is 12.1 Å². The van der Waals surface area contributed by atoms with E-state index in [4.69, 9.17) is 16.3 Å². The quantitative estimate of drug-likeness (QED) is 0.793. The molecule has 0 saturated carbocycles. The molecule has 1 aliphatic rings. The molecule has 1 saturated heterocycles. The van der Waals surface area contributed by atoms with Crippen LogP contribution in [0.15, 0.2) is 24.3 Å². The van der Waals surface area contributed by atoms with Gasteiger partial charge in [-0.3, -0.25) is 4.79 Å². The lowest BCUT2D eigenvalue weighted by atomic mass is 10.1. The molecule has 2 rings (SSSR count). The Morgan fingerprint density at radius 3 is 2.53 bits per heavy atom. The average Bonchev–Trinajstić information content (AvgIpc) is 2.23. The molecule has 0 unspecified atom stereocenters. The van der Waals surface area contributed by atoms with Crippen LogP contribution in [-0.4, -0.2) is 25.2 Å². The minimum atomic E-state index is -0.0515. The Morgan fingerprint density at radius 2 is 2.07 bits per heavy atom. The van der Waals surface area contributed by atoms with Gasteiger partial charge in [0.1, 0.15) is 0 Å². The van der Waals surface area contributed by atoms with E-state index in [-0.39, 0.29) is 11.9 Å². The summed E-state index contributed by atoms with van der Waals surface area (Å²) in [5.74, 6) is 0.419. The van der Waals surface area contributed by atoms with Gasteiger partial charge in [0.25, 0.3) is 5.91 Å². The van der Waals surface area contributed by atoms with Crippen molar-refractivity contribution in [3.05, 3.63) is 35.4 Å². The van der Waals surface area contributed by atoms with Crippen molar-refractivity contribution in [2.75, 3.05) is 13.2 Å². The zero-order chi connectivity index (χ0) is 10.7. The number of carbonyl (C=O) groups excluding carboxylic acids is 1. The summed E-state index contributed by atoms with van der Waals surface area (Å²) < 4.78 is 4.98. The second-order valence-electron chi connectivity index (χ2n) is 3.54. The van der Waals surface area contributed by atoms with Crippen molar-refractivity contribution in [3.63, 3.8) is 0 Å². The predicted molar refractivity (Wildman–Crippen MR) is 58.1 cm³/mol. The molecule has 0 bridgehead atoms. The van der Waals surface area contributed by atoms with Crippen molar-refractivity contribution in [1.82, 2.24) is 5.32 Å². The first kappa shape index (κ1) is 10.5. The maximum Gasteiger partial charge on any atom is 0.251 e. The molecule has 80 valence electrons. The summed E-state index contributed by atoms with van der Waals surface area (Å²) >= 11 is 5.66. The zero-order valence-electron chi connectivity index (χ0n) is 8.20. The van der Waals surface area contributed by atoms with Gasteiger partial charge in [0.15, 0.2) is 0 Å². The van der Waals surface area contributed by atoms with Crippen LogP contribution in [0.25, 0.3) is 0 Å². The molecule has 1 amide bonds. The molecule has 1 aromatic carbocycles. The summed E-state index contributed by atoms with van der Waals surface area (Å²) in [7, 11) is 0. The van der Waals surface area contributed by atoms with Gasteiger partial charge >= 0.3 is 0 Å². The van der Waals surface area contributed by atoms with E-state index in [1.165, 1.54) is 0 Å². The SMILES string of the molecule is O=C(NC1COC1)c1ccc(CCl)cc1. The number of amides is 1. The Labute approximate surface area is 93.4 Å². The molecule has 3 nitrogen and oxygen atoms in total. The van der Waals surface area contributed by atoms with Crippen molar-refractivity contribution in [1.29, 1.82) is 0 Å². The molecule has 15 heavy (non-hydrogen) atoms. The lowest BCUT2D eigenvalue weighted by molar-refractivity contribution is -0.00346. The number of rotatable bonds is 3. The number of alkyl halides is 1. The maximum absolute atomic E-state index is 11.6. The van der Waals surface area contributed by atoms with Gasteiger partial charge in [-0.1, -0.05) is 12.1 Å². The Balaban J connectivity index is 1.98. The van der Waals surface area contributed by atoms with Crippen LogP contribution in [0.4, 0.5) is 0 Å². The van der Waals surface area contributed by atoms with Crippen LogP contribution in [0.5, 0.6) is 0 Å². The van der Waals surface area contributed by atoms with Gasteiger partial charge in [-0.25, -0.2) is 0 Å². The van der Waals surface area contributed by atoms with E-state index in [9.17, 15) is 4.79 Å². The number of benzene rings is 1. The highest BCUT2D eigenvalue weighted by Gasteiger charge is 2.20. The summed E-state index contributed by atoms with van der Waals surface area (Å²) in [5.41, 5.74) is 1.68. The second kappa shape index (κ2) is 4.64. The largest absolute Gasteiger partial charge is 0.377 e. The molecule has 0 radical (unpaired) electrons. The van der Waals surface area contributed by atoms with Crippen molar-refractivity contribution in [2.24, 2.45) is 0 Å². The summed E-state index contributed by atoms with van der Waals surface area (Å²) in [6, 6.07) is 7.46. The number of nitrogens with one attached hydrogen (secondary N) is 1. The molecule has 1 aromatic rings. The van der Waals surface area contributed by atoms with Crippen molar-refractivity contribution in [3.8, 4) is 0 Å². The van der Waals surface area contributed by atoms with Gasteiger partial charge in [-0.05, 0) is 17.7 Å². The summed E-state index contributed by atoms with van der Waals surface area (Å²) in [6.07, 6.45) is 0. The third kappa shape index (κ3) is 2.49. The number of halogens is 1. The van der Waals surface area contributed by atoms with Crippen molar-refractivity contribution >= 4 is 17.5 Å². The maximum atomic E-state index is 11.6. The minimum absolute atomic E-state index is 0.0515. The predicted octanol–water partition coefficient (Wildman–Crippen LogP) is 1.55. The van der Waals surface area contributed by atoms with Gasteiger partial charge in [0, 0.05) is 11.4 Å². The Kier molecular flexibility index (Phi) is 3.23. The van der Waals surface area contributed by atoms with Crippen molar-refractivity contribution < 1.29 is 9.53 Å². The fourth-order valence-electron chi connectivity index (χ4n) is 1.33. The Hall–Kier alpha value is -1.06. The van der Waals surface area contributed by atoms with Gasteiger partial charge in [-0.2, -0.15) is 0 Å². The Morgan fingerprint density at radius 1 is 1.40 bits per heavy atom. The van der Waals surface area contributed by atoms with E-state index < -0.39 is 0 Å². The normalized spacial score (nSPS) is 15.8. The summed E-state index contributed by atoms with van der Waals surface area (Å²) in [4.78, 5) is 11.6. The number of hydrogen-bond donors (Lipinski definition) is 1. The van der Waals surface area contributed by atoms with Crippen LogP contribution in [0.1, 0.15) is 15.9 Å². The molecule has 4 heteroatoms. The first-order valence-corrected chi connectivity index (χ1v) is 5.36. The van der Waals surface area contributed by atoms with Crippen LogP contribution in [0.2, 0.25) is 0 Å². The highest BCUT2D eigenvalue weighted by Crippen LogP contribution is 2.08. The molecule has 1 fully saturated rings. The molecule has 0 aliphatic carbocycles. The molecule has 0 atom stereocenters. The smallest absolute Gasteiger partial charge is 0.251 e. The highest BCUT2D eigenvalue weighted by atomic mass is 35.5. The summed E-state index contributed by atoms with van der Waals surface area (Å²) in [5, 5.41) is 2.87. The lowest BCUT2D eigenvalue weighted by Gasteiger charge is -2.26. The molecule has 1 heterocycles.